The van der Waals surface area contributed by atoms with Crippen LogP contribution in [0.2, 0.25) is 5.02 Å². The van der Waals surface area contributed by atoms with Crippen molar-refractivity contribution in [3.63, 3.8) is 0 Å². The molecule has 2 nitrogen and oxygen atoms in total. The fourth-order valence-corrected chi connectivity index (χ4v) is 3.11. The van der Waals surface area contributed by atoms with E-state index in [2.05, 4.69) is 19.2 Å². The lowest BCUT2D eigenvalue weighted by atomic mass is 9.73. The van der Waals surface area contributed by atoms with Gasteiger partial charge in [0.1, 0.15) is 6.29 Å². The number of anilines is 1. The van der Waals surface area contributed by atoms with Crippen molar-refractivity contribution < 1.29 is 4.79 Å². The van der Waals surface area contributed by atoms with E-state index >= 15 is 0 Å². The number of halogens is 1. The van der Waals surface area contributed by atoms with Crippen molar-refractivity contribution in [1.29, 1.82) is 0 Å². The van der Waals surface area contributed by atoms with Crippen LogP contribution < -0.4 is 5.32 Å². The van der Waals surface area contributed by atoms with E-state index in [1.165, 1.54) is 0 Å². The van der Waals surface area contributed by atoms with E-state index in [1.807, 2.05) is 24.3 Å². The van der Waals surface area contributed by atoms with Gasteiger partial charge in [-0.3, -0.25) is 0 Å². The number of hydrogen-bond acceptors (Lipinski definition) is 2. The molecular weight excluding hydrogens is 258 g/mol. The summed E-state index contributed by atoms with van der Waals surface area (Å²) in [5.74, 6) is 0.891. The number of rotatable bonds is 4. The van der Waals surface area contributed by atoms with Crippen molar-refractivity contribution in [3.05, 3.63) is 29.3 Å². The van der Waals surface area contributed by atoms with Gasteiger partial charge in [-0.15, -0.1) is 0 Å². The lowest BCUT2D eigenvalue weighted by Gasteiger charge is -2.39. The molecule has 0 bridgehead atoms. The highest BCUT2D eigenvalue weighted by Crippen LogP contribution is 2.36. The first-order valence-corrected chi connectivity index (χ1v) is 7.38. The fourth-order valence-electron chi connectivity index (χ4n) is 2.98. The second kappa shape index (κ2) is 5.96. The van der Waals surface area contributed by atoms with Gasteiger partial charge >= 0.3 is 0 Å². The Kier molecular flexibility index (Phi) is 4.51. The molecule has 1 aromatic carbocycles. The van der Waals surface area contributed by atoms with Gasteiger partial charge in [0, 0.05) is 22.2 Å². The number of nitrogens with one attached hydrogen (secondary N) is 1. The van der Waals surface area contributed by atoms with E-state index in [0.717, 1.165) is 42.7 Å². The number of aldehydes is 1. The van der Waals surface area contributed by atoms with Crippen LogP contribution >= 0.6 is 11.6 Å². The normalized spacial score (nSPS) is 23.9. The summed E-state index contributed by atoms with van der Waals surface area (Å²) in [6.45, 7) is 4.49. The third-order valence-corrected chi connectivity index (χ3v) is 4.55. The average Bonchev–Trinajstić information content (AvgIpc) is 2.41. The zero-order chi connectivity index (χ0) is 13.9. The molecule has 2 rings (SSSR count). The molecule has 0 aromatic heterocycles. The number of carbonyl (C=O) groups is 1. The molecule has 19 heavy (non-hydrogen) atoms. The lowest BCUT2D eigenvalue weighted by Crippen LogP contribution is -2.41. The first kappa shape index (κ1) is 14.4. The zero-order valence-electron chi connectivity index (χ0n) is 11.7. The monoisotopic (exact) mass is 279 g/mol. The molecule has 1 N–H and O–H groups in total. The third-order valence-electron chi connectivity index (χ3n) is 4.30. The minimum Gasteiger partial charge on any atom is -0.380 e. The van der Waals surface area contributed by atoms with Gasteiger partial charge in [-0.1, -0.05) is 11.6 Å². The van der Waals surface area contributed by atoms with E-state index in [1.54, 1.807) is 0 Å². The Bertz CT molecular complexity index is 419. The smallest absolute Gasteiger partial charge is 0.123 e. The van der Waals surface area contributed by atoms with Gasteiger partial charge in [0.25, 0.3) is 0 Å². The van der Waals surface area contributed by atoms with E-state index in [-0.39, 0.29) is 11.5 Å². The van der Waals surface area contributed by atoms with Crippen molar-refractivity contribution in [1.82, 2.24) is 0 Å². The highest BCUT2D eigenvalue weighted by atomic mass is 35.5. The van der Waals surface area contributed by atoms with Crippen LogP contribution in [0.25, 0.3) is 0 Å². The summed E-state index contributed by atoms with van der Waals surface area (Å²) in [5, 5.41) is 4.36. The lowest BCUT2D eigenvalue weighted by molar-refractivity contribution is -0.112. The minimum absolute atomic E-state index is 0.0433. The summed E-state index contributed by atoms with van der Waals surface area (Å²) in [7, 11) is 0. The van der Waals surface area contributed by atoms with Gasteiger partial charge in [0.15, 0.2) is 0 Å². The minimum atomic E-state index is 0.0433. The Balaban J connectivity index is 1.98. The predicted octanol–water partition coefficient (Wildman–Crippen LogP) is 4.54. The van der Waals surface area contributed by atoms with E-state index in [9.17, 15) is 4.79 Å². The van der Waals surface area contributed by atoms with Crippen molar-refractivity contribution in [3.8, 4) is 0 Å². The summed E-state index contributed by atoms with van der Waals surface area (Å²) in [6, 6.07) is 7.84. The van der Waals surface area contributed by atoms with Crippen LogP contribution in [0.4, 0.5) is 5.69 Å². The van der Waals surface area contributed by atoms with Crippen molar-refractivity contribution >= 4 is 23.6 Å². The third kappa shape index (κ3) is 3.73. The number of hydrogen-bond donors (Lipinski definition) is 1. The van der Waals surface area contributed by atoms with Gasteiger partial charge in [0.05, 0.1) is 0 Å². The fraction of sp³-hybridized carbons (Fsp3) is 0.562. The Morgan fingerprint density at radius 1 is 1.16 bits per heavy atom. The van der Waals surface area contributed by atoms with Crippen molar-refractivity contribution in [2.45, 2.75) is 45.1 Å². The molecule has 0 saturated heterocycles. The molecule has 1 aromatic rings. The van der Waals surface area contributed by atoms with E-state index < -0.39 is 0 Å². The van der Waals surface area contributed by atoms with Gasteiger partial charge in [-0.25, -0.2) is 0 Å². The molecule has 1 saturated carbocycles. The molecule has 1 aliphatic rings. The van der Waals surface area contributed by atoms with Crippen LogP contribution in [0.5, 0.6) is 0 Å². The summed E-state index contributed by atoms with van der Waals surface area (Å²) in [4.78, 5) is 10.8. The maximum absolute atomic E-state index is 10.8. The summed E-state index contributed by atoms with van der Waals surface area (Å²) >= 11 is 5.90. The molecule has 0 heterocycles. The van der Waals surface area contributed by atoms with Crippen LogP contribution in [0.15, 0.2) is 24.3 Å². The van der Waals surface area contributed by atoms with Crippen LogP contribution in [-0.4, -0.2) is 11.8 Å². The zero-order valence-corrected chi connectivity index (χ0v) is 12.4. The molecule has 0 amide bonds. The molecule has 0 unspecified atom stereocenters. The summed E-state index contributed by atoms with van der Waals surface area (Å²) in [5.41, 5.74) is 1.15. The highest BCUT2D eigenvalue weighted by molar-refractivity contribution is 6.30. The maximum atomic E-state index is 10.8. The molecule has 0 aliphatic heterocycles. The van der Waals surface area contributed by atoms with E-state index in [0.29, 0.717) is 5.92 Å². The molecule has 3 heteroatoms. The molecule has 1 fully saturated rings. The van der Waals surface area contributed by atoms with Crippen LogP contribution in [0.1, 0.15) is 39.5 Å². The number of benzene rings is 1. The molecular formula is C16H22ClNO. The topological polar surface area (TPSA) is 29.1 Å². The molecule has 0 atom stereocenters. The van der Waals surface area contributed by atoms with Gasteiger partial charge in [-0.2, -0.15) is 0 Å². The first-order valence-electron chi connectivity index (χ1n) is 7.00. The second-order valence-electron chi connectivity index (χ2n) is 6.10. The number of carbonyl (C=O) groups excluding carboxylic acids is 1. The van der Waals surface area contributed by atoms with Gasteiger partial charge in [-0.05, 0) is 69.7 Å². The predicted molar refractivity (Wildman–Crippen MR) is 80.7 cm³/mol. The average molecular weight is 280 g/mol. The van der Waals surface area contributed by atoms with Gasteiger partial charge in [0.2, 0.25) is 0 Å². The summed E-state index contributed by atoms with van der Waals surface area (Å²) in [6.07, 6.45) is 5.42. The van der Waals surface area contributed by atoms with Crippen LogP contribution in [-0.2, 0) is 4.79 Å². The molecule has 0 radical (unpaired) electrons. The largest absolute Gasteiger partial charge is 0.380 e. The Morgan fingerprint density at radius 2 is 1.74 bits per heavy atom. The molecule has 0 spiro atoms. The van der Waals surface area contributed by atoms with Crippen molar-refractivity contribution in [2.75, 3.05) is 5.32 Å². The first-order chi connectivity index (χ1) is 9.01. The Labute approximate surface area is 120 Å². The second-order valence-corrected chi connectivity index (χ2v) is 6.54. The SMILES string of the molecule is CC(C)(Nc1ccc(Cl)cc1)C1CCC(C=O)CC1. The molecule has 104 valence electrons. The quantitative estimate of drug-likeness (QED) is 0.820. The van der Waals surface area contributed by atoms with Gasteiger partial charge < -0.3 is 10.1 Å². The highest BCUT2D eigenvalue weighted by Gasteiger charge is 2.32. The molecule has 1 aliphatic carbocycles. The van der Waals surface area contributed by atoms with Crippen LogP contribution in [0.3, 0.4) is 0 Å². The summed E-state index contributed by atoms with van der Waals surface area (Å²) < 4.78 is 0. The Hall–Kier alpha value is -1.02. The maximum Gasteiger partial charge on any atom is 0.123 e. The Morgan fingerprint density at radius 3 is 2.26 bits per heavy atom. The van der Waals surface area contributed by atoms with E-state index in [4.69, 9.17) is 11.6 Å². The standard InChI is InChI=1S/C16H22ClNO/c1-16(2,13-5-3-12(11-19)4-6-13)18-15-9-7-14(17)8-10-15/h7-13,18H,3-6H2,1-2H3. The van der Waals surface area contributed by atoms with Crippen molar-refractivity contribution in [2.24, 2.45) is 11.8 Å². The van der Waals surface area contributed by atoms with Crippen LogP contribution in [0, 0.1) is 11.8 Å².